The topological polar surface area (TPSA) is 27.0 Å². The zero-order valence-electron chi connectivity index (χ0n) is 6.55. The Morgan fingerprint density at radius 1 is 1.36 bits per heavy atom. The SMILES string of the molecule is N#CCC(=S)N1CCCCC1. The molecule has 1 heterocycles. The molecule has 0 bridgehead atoms. The molecule has 2 nitrogen and oxygen atoms in total. The van der Waals surface area contributed by atoms with Crippen LogP contribution in [0, 0.1) is 11.3 Å². The van der Waals surface area contributed by atoms with Gasteiger partial charge >= 0.3 is 0 Å². The van der Waals surface area contributed by atoms with E-state index in [1.807, 2.05) is 0 Å². The highest BCUT2D eigenvalue weighted by molar-refractivity contribution is 7.80. The van der Waals surface area contributed by atoms with E-state index in [-0.39, 0.29) is 0 Å². The molecule has 1 rings (SSSR count). The van der Waals surface area contributed by atoms with E-state index in [0.29, 0.717) is 6.42 Å². The minimum absolute atomic E-state index is 0.412. The third kappa shape index (κ3) is 2.47. The zero-order chi connectivity index (χ0) is 8.10. The summed E-state index contributed by atoms with van der Waals surface area (Å²) < 4.78 is 0. The van der Waals surface area contributed by atoms with E-state index in [1.54, 1.807) is 0 Å². The van der Waals surface area contributed by atoms with Crippen molar-refractivity contribution in [2.75, 3.05) is 13.1 Å². The first-order valence-electron chi connectivity index (χ1n) is 3.99. The lowest BCUT2D eigenvalue weighted by molar-refractivity contribution is 0.344. The van der Waals surface area contributed by atoms with E-state index in [2.05, 4.69) is 11.0 Å². The van der Waals surface area contributed by atoms with Gasteiger partial charge < -0.3 is 4.90 Å². The highest BCUT2D eigenvalue weighted by Gasteiger charge is 2.11. The van der Waals surface area contributed by atoms with Crippen molar-refractivity contribution in [2.24, 2.45) is 0 Å². The monoisotopic (exact) mass is 168 g/mol. The molecule has 0 amide bonds. The average molecular weight is 168 g/mol. The highest BCUT2D eigenvalue weighted by Crippen LogP contribution is 2.10. The summed E-state index contributed by atoms with van der Waals surface area (Å²) in [6, 6.07) is 2.08. The largest absolute Gasteiger partial charge is 0.365 e. The summed E-state index contributed by atoms with van der Waals surface area (Å²) in [5.74, 6) is 0. The summed E-state index contributed by atoms with van der Waals surface area (Å²) in [6.45, 7) is 2.11. The first kappa shape index (κ1) is 8.48. The molecule has 1 aliphatic rings. The number of nitriles is 1. The van der Waals surface area contributed by atoms with Crippen LogP contribution in [0.1, 0.15) is 25.7 Å². The fourth-order valence-electron chi connectivity index (χ4n) is 1.32. The second kappa shape index (κ2) is 4.30. The van der Waals surface area contributed by atoms with E-state index in [0.717, 1.165) is 18.1 Å². The van der Waals surface area contributed by atoms with Gasteiger partial charge in [-0.15, -0.1) is 0 Å². The maximum Gasteiger partial charge on any atom is 0.0921 e. The Hall–Kier alpha value is -0.620. The fourth-order valence-corrected chi connectivity index (χ4v) is 1.57. The standard InChI is InChI=1S/C8H12N2S/c9-5-4-8(11)10-6-2-1-3-7-10/h1-4,6-7H2. The Balaban J connectivity index is 2.34. The van der Waals surface area contributed by atoms with Gasteiger partial charge in [-0.3, -0.25) is 0 Å². The molecule has 0 saturated carbocycles. The molecule has 0 aromatic rings. The summed E-state index contributed by atoms with van der Waals surface area (Å²) in [5.41, 5.74) is 0. The van der Waals surface area contributed by atoms with Gasteiger partial charge in [0.25, 0.3) is 0 Å². The van der Waals surface area contributed by atoms with Gasteiger partial charge in [-0.2, -0.15) is 5.26 Å². The maximum atomic E-state index is 8.40. The van der Waals surface area contributed by atoms with E-state index >= 15 is 0 Å². The van der Waals surface area contributed by atoms with Gasteiger partial charge in [0.05, 0.1) is 17.5 Å². The summed E-state index contributed by atoms with van der Waals surface area (Å²) in [7, 11) is 0. The lowest BCUT2D eigenvalue weighted by atomic mass is 10.1. The molecular formula is C8H12N2S. The Labute approximate surface area is 72.8 Å². The van der Waals surface area contributed by atoms with E-state index in [4.69, 9.17) is 17.5 Å². The molecule has 0 unspecified atom stereocenters. The van der Waals surface area contributed by atoms with Gasteiger partial charge in [0, 0.05) is 13.1 Å². The van der Waals surface area contributed by atoms with E-state index < -0.39 is 0 Å². The quantitative estimate of drug-likeness (QED) is 0.558. The van der Waals surface area contributed by atoms with Gasteiger partial charge in [-0.05, 0) is 19.3 Å². The van der Waals surface area contributed by atoms with Crippen LogP contribution < -0.4 is 0 Å². The summed E-state index contributed by atoms with van der Waals surface area (Å²) >= 11 is 5.08. The Morgan fingerprint density at radius 2 is 2.00 bits per heavy atom. The van der Waals surface area contributed by atoms with Gasteiger partial charge in [-0.25, -0.2) is 0 Å². The fraction of sp³-hybridized carbons (Fsp3) is 0.750. The van der Waals surface area contributed by atoms with Crippen molar-refractivity contribution in [1.82, 2.24) is 4.90 Å². The van der Waals surface area contributed by atoms with Gasteiger partial charge in [0.1, 0.15) is 0 Å². The number of thiocarbonyl (C=S) groups is 1. The molecule has 0 spiro atoms. The van der Waals surface area contributed by atoms with Crippen LogP contribution in [0.4, 0.5) is 0 Å². The molecule has 0 radical (unpaired) electrons. The third-order valence-corrected chi connectivity index (χ3v) is 2.34. The number of hydrogen-bond acceptors (Lipinski definition) is 2. The predicted octanol–water partition coefficient (Wildman–Crippen LogP) is 1.71. The Morgan fingerprint density at radius 3 is 2.55 bits per heavy atom. The number of likely N-dealkylation sites (tertiary alicyclic amines) is 1. The van der Waals surface area contributed by atoms with Gasteiger partial charge in [0.2, 0.25) is 0 Å². The lowest BCUT2D eigenvalue weighted by Crippen LogP contribution is -2.34. The van der Waals surface area contributed by atoms with Crippen molar-refractivity contribution in [2.45, 2.75) is 25.7 Å². The van der Waals surface area contributed by atoms with E-state index in [9.17, 15) is 0 Å². The number of piperidine rings is 1. The van der Waals surface area contributed by atoms with Crippen molar-refractivity contribution in [3.8, 4) is 6.07 Å². The molecule has 3 heteroatoms. The molecular weight excluding hydrogens is 156 g/mol. The van der Waals surface area contributed by atoms with Crippen molar-refractivity contribution in [3.05, 3.63) is 0 Å². The molecule has 11 heavy (non-hydrogen) atoms. The van der Waals surface area contributed by atoms with Crippen LogP contribution in [-0.2, 0) is 0 Å². The van der Waals surface area contributed by atoms with Crippen molar-refractivity contribution < 1.29 is 0 Å². The van der Waals surface area contributed by atoms with Crippen LogP contribution >= 0.6 is 12.2 Å². The smallest absolute Gasteiger partial charge is 0.0921 e. The Bertz CT molecular complexity index is 177. The van der Waals surface area contributed by atoms with Gasteiger partial charge in [0.15, 0.2) is 0 Å². The molecule has 1 aliphatic heterocycles. The molecule has 0 N–H and O–H groups in total. The molecule has 0 aromatic heterocycles. The summed E-state index contributed by atoms with van der Waals surface area (Å²) in [6.07, 6.45) is 4.18. The van der Waals surface area contributed by atoms with E-state index in [1.165, 1.54) is 19.3 Å². The van der Waals surface area contributed by atoms with Crippen LogP contribution in [0.3, 0.4) is 0 Å². The lowest BCUT2D eigenvalue weighted by Gasteiger charge is -2.27. The molecule has 0 aliphatic carbocycles. The zero-order valence-corrected chi connectivity index (χ0v) is 7.36. The second-order valence-corrected chi connectivity index (χ2v) is 3.25. The van der Waals surface area contributed by atoms with Gasteiger partial charge in [-0.1, -0.05) is 12.2 Å². The van der Waals surface area contributed by atoms with Crippen LogP contribution in [0.2, 0.25) is 0 Å². The van der Waals surface area contributed by atoms with Crippen molar-refractivity contribution >= 4 is 17.2 Å². The normalized spacial score (nSPS) is 17.5. The highest BCUT2D eigenvalue weighted by atomic mass is 32.1. The number of hydrogen-bond donors (Lipinski definition) is 0. The molecule has 1 fully saturated rings. The van der Waals surface area contributed by atoms with Crippen molar-refractivity contribution in [3.63, 3.8) is 0 Å². The minimum Gasteiger partial charge on any atom is -0.365 e. The molecule has 0 atom stereocenters. The molecule has 1 saturated heterocycles. The first-order chi connectivity index (χ1) is 5.34. The molecule has 60 valence electrons. The number of nitrogens with zero attached hydrogens (tertiary/aromatic N) is 2. The maximum absolute atomic E-state index is 8.40. The number of rotatable bonds is 1. The van der Waals surface area contributed by atoms with Crippen LogP contribution in [0.25, 0.3) is 0 Å². The summed E-state index contributed by atoms with van der Waals surface area (Å²) in [4.78, 5) is 2.98. The second-order valence-electron chi connectivity index (χ2n) is 2.78. The van der Waals surface area contributed by atoms with Crippen LogP contribution in [0.15, 0.2) is 0 Å². The average Bonchev–Trinajstić information content (AvgIpc) is 2.07. The first-order valence-corrected chi connectivity index (χ1v) is 4.40. The third-order valence-electron chi connectivity index (χ3n) is 1.94. The predicted molar refractivity (Wildman–Crippen MR) is 48.3 cm³/mol. The van der Waals surface area contributed by atoms with Crippen LogP contribution in [-0.4, -0.2) is 23.0 Å². The summed E-state index contributed by atoms with van der Waals surface area (Å²) in [5, 5.41) is 8.40. The van der Waals surface area contributed by atoms with Crippen molar-refractivity contribution in [1.29, 1.82) is 5.26 Å². The Kier molecular flexibility index (Phi) is 3.31. The molecule has 0 aromatic carbocycles. The van der Waals surface area contributed by atoms with Crippen LogP contribution in [0.5, 0.6) is 0 Å². The minimum atomic E-state index is 0.412.